The Kier molecular flexibility index (Phi) is 3.03. The van der Waals surface area contributed by atoms with Crippen LogP contribution in [0.15, 0.2) is 18.2 Å². The molecule has 1 aromatic carbocycles. The van der Waals surface area contributed by atoms with E-state index < -0.39 is 29.5 Å². The van der Waals surface area contributed by atoms with Crippen LogP contribution in [0.25, 0.3) is 0 Å². The Labute approximate surface area is 138 Å². The third kappa shape index (κ3) is 2.54. The summed E-state index contributed by atoms with van der Waals surface area (Å²) in [6, 6.07) is 3.47. The first kappa shape index (κ1) is 16.2. The lowest BCUT2D eigenvalue weighted by Gasteiger charge is -2.70. The molecule has 3 saturated carbocycles. The number of nitrogens with one attached hydrogen (secondary N) is 2. The van der Waals surface area contributed by atoms with Crippen molar-refractivity contribution >= 4 is 6.03 Å². The molecule has 5 nitrogen and oxygen atoms in total. The van der Waals surface area contributed by atoms with Crippen LogP contribution in [0, 0.1) is 5.41 Å². The molecule has 10 heteroatoms. The van der Waals surface area contributed by atoms with E-state index in [9.17, 15) is 26.7 Å². The molecule has 0 unspecified atom stereocenters. The standard InChI is InChI=1S/C15H13F5N2O3/c16-14(17,18)12-5-13(6-12,7-12)22-11(23)21-4-8-1-2-9-10(3-8)25-15(19,20)24-9/h1-3H,4-7H2,(H2,21,22,23). The van der Waals surface area contributed by atoms with Gasteiger partial charge in [-0.15, -0.1) is 8.78 Å². The number of rotatable bonds is 3. The van der Waals surface area contributed by atoms with Crippen molar-refractivity contribution in [2.45, 2.75) is 43.8 Å². The van der Waals surface area contributed by atoms with Crippen LogP contribution < -0.4 is 20.1 Å². The summed E-state index contributed by atoms with van der Waals surface area (Å²) in [4.78, 5) is 11.9. The number of ether oxygens (including phenoxy) is 2. The first-order chi connectivity index (χ1) is 11.5. The van der Waals surface area contributed by atoms with Crippen molar-refractivity contribution in [3.8, 4) is 11.5 Å². The summed E-state index contributed by atoms with van der Waals surface area (Å²) in [6.07, 6.45) is -8.26. The molecule has 0 aromatic heterocycles. The average molecular weight is 364 g/mol. The van der Waals surface area contributed by atoms with Crippen molar-refractivity contribution in [2.24, 2.45) is 5.41 Å². The van der Waals surface area contributed by atoms with Crippen molar-refractivity contribution in [3.63, 3.8) is 0 Å². The summed E-state index contributed by atoms with van der Waals surface area (Å²) < 4.78 is 72.7. The van der Waals surface area contributed by atoms with Gasteiger partial charge < -0.3 is 20.1 Å². The zero-order valence-corrected chi connectivity index (χ0v) is 12.7. The quantitative estimate of drug-likeness (QED) is 0.810. The molecule has 0 atom stereocenters. The van der Waals surface area contributed by atoms with Crippen LogP contribution in [0.4, 0.5) is 26.7 Å². The fourth-order valence-corrected chi connectivity index (χ4v) is 3.79. The second-order valence-electron chi connectivity index (χ2n) is 6.85. The van der Waals surface area contributed by atoms with Gasteiger partial charge in [0.05, 0.1) is 5.41 Å². The van der Waals surface area contributed by atoms with E-state index in [2.05, 4.69) is 20.1 Å². The molecule has 0 spiro atoms. The van der Waals surface area contributed by atoms with Crippen molar-refractivity contribution in [2.75, 3.05) is 0 Å². The molecule has 4 aliphatic rings. The predicted octanol–water partition coefficient (Wildman–Crippen LogP) is 3.29. The summed E-state index contributed by atoms with van der Waals surface area (Å²) in [5, 5.41) is 5.06. The molecule has 0 radical (unpaired) electrons. The van der Waals surface area contributed by atoms with Crippen LogP contribution in [-0.4, -0.2) is 24.0 Å². The van der Waals surface area contributed by atoms with E-state index in [0.717, 1.165) is 0 Å². The molecule has 1 heterocycles. The molecule has 25 heavy (non-hydrogen) atoms. The summed E-state index contributed by atoms with van der Waals surface area (Å²) in [7, 11) is 0. The number of halogens is 5. The van der Waals surface area contributed by atoms with E-state index in [1.54, 1.807) is 0 Å². The number of hydrogen-bond acceptors (Lipinski definition) is 3. The molecule has 5 rings (SSSR count). The van der Waals surface area contributed by atoms with E-state index in [1.807, 2.05) is 0 Å². The van der Waals surface area contributed by atoms with Crippen molar-refractivity contribution in [3.05, 3.63) is 23.8 Å². The Morgan fingerprint density at radius 1 is 1.12 bits per heavy atom. The number of benzene rings is 1. The number of alkyl halides is 5. The fraction of sp³-hybridized carbons (Fsp3) is 0.533. The summed E-state index contributed by atoms with van der Waals surface area (Å²) in [5.41, 5.74) is -1.93. The Hall–Kier alpha value is -2.26. The molecule has 3 fully saturated rings. The normalized spacial score (nSPS) is 30.9. The van der Waals surface area contributed by atoms with Gasteiger partial charge >= 0.3 is 18.5 Å². The van der Waals surface area contributed by atoms with Crippen LogP contribution in [0.5, 0.6) is 11.5 Å². The van der Waals surface area contributed by atoms with Gasteiger partial charge in [0.2, 0.25) is 0 Å². The summed E-state index contributed by atoms with van der Waals surface area (Å²) >= 11 is 0. The summed E-state index contributed by atoms with van der Waals surface area (Å²) in [5.74, 6) is -0.249. The molecule has 0 saturated heterocycles. The highest BCUT2D eigenvalue weighted by Crippen LogP contribution is 2.73. The minimum atomic E-state index is -4.23. The lowest BCUT2D eigenvalue weighted by atomic mass is 9.39. The number of carbonyl (C=O) groups is 1. The second kappa shape index (κ2) is 4.67. The van der Waals surface area contributed by atoms with Crippen LogP contribution in [-0.2, 0) is 6.54 Å². The van der Waals surface area contributed by atoms with E-state index in [-0.39, 0.29) is 37.3 Å². The maximum Gasteiger partial charge on any atom is 0.586 e. The van der Waals surface area contributed by atoms with Gasteiger partial charge in [-0.2, -0.15) is 13.2 Å². The fourth-order valence-electron chi connectivity index (χ4n) is 3.79. The minimum Gasteiger partial charge on any atom is -0.395 e. The first-order valence-electron chi connectivity index (χ1n) is 7.53. The maximum atomic E-state index is 12.9. The van der Waals surface area contributed by atoms with E-state index in [0.29, 0.717) is 5.56 Å². The third-order valence-corrected chi connectivity index (χ3v) is 4.93. The van der Waals surface area contributed by atoms with Gasteiger partial charge in [-0.05, 0) is 37.0 Å². The van der Waals surface area contributed by atoms with Gasteiger partial charge in [0.15, 0.2) is 11.5 Å². The number of fused-ring (bicyclic) bond motifs is 1. The van der Waals surface area contributed by atoms with Crippen molar-refractivity contribution in [1.82, 2.24) is 10.6 Å². The molecular formula is C15H13F5N2O3. The maximum absolute atomic E-state index is 12.9. The lowest BCUT2D eigenvalue weighted by molar-refractivity contribution is -0.336. The lowest BCUT2D eigenvalue weighted by Crippen LogP contribution is -2.79. The Balaban J connectivity index is 1.29. The largest absolute Gasteiger partial charge is 0.586 e. The van der Waals surface area contributed by atoms with Gasteiger partial charge in [-0.25, -0.2) is 4.79 Å². The van der Waals surface area contributed by atoms with Crippen LogP contribution in [0.1, 0.15) is 24.8 Å². The third-order valence-electron chi connectivity index (χ3n) is 4.93. The number of hydrogen-bond donors (Lipinski definition) is 2. The van der Waals surface area contributed by atoms with Gasteiger partial charge in [0.1, 0.15) is 0 Å². The number of carbonyl (C=O) groups excluding carboxylic acids is 1. The SMILES string of the molecule is O=C(NCc1ccc2c(c1)OC(F)(F)O2)NC12CC(C(F)(F)F)(C1)C2. The van der Waals surface area contributed by atoms with Gasteiger partial charge in [-0.3, -0.25) is 0 Å². The molecular weight excluding hydrogens is 351 g/mol. The Bertz CT molecular complexity index is 729. The highest BCUT2D eigenvalue weighted by molar-refractivity contribution is 5.75. The van der Waals surface area contributed by atoms with E-state index in [1.165, 1.54) is 18.2 Å². The molecule has 2 bridgehead atoms. The molecule has 1 aromatic rings. The smallest absolute Gasteiger partial charge is 0.395 e. The number of amides is 2. The Morgan fingerprint density at radius 3 is 2.40 bits per heavy atom. The second-order valence-corrected chi connectivity index (χ2v) is 6.85. The van der Waals surface area contributed by atoms with Crippen LogP contribution >= 0.6 is 0 Å². The molecule has 3 aliphatic carbocycles. The first-order valence-corrected chi connectivity index (χ1v) is 7.53. The average Bonchev–Trinajstić information content (AvgIpc) is 2.70. The monoisotopic (exact) mass is 364 g/mol. The van der Waals surface area contributed by atoms with Gasteiger partial charge in [0.25, 0.3) is 0 Å². The number of urea groups is 1. The molecule has 136 valence electrons. The highest BCUT2D eigenvalue weighted by Gasteiger charge is 2.79. The topological polar surface area (TPSA) is 59.6 Å². The predicted molar refractivity (Wildman–Crippen MR) is 73.1 cm³/mol. The van der Waals surface area contributed by atoms with Gasteiger partial charge in [-0.1, -0.05) is 6.07 Å². The highest BCUT2D eigenvalue weighted by atomic mass is 19.4. The van der Waals surface area contributed by atoms with Crippen LogP contribution in [0.3, 0.4) is 0 Å². The van der Waals surface area contributed by atoms with Crippen molar-refractivity contribution < 1.29 is 36.2 Å². The molecule has 2 amide bonds. The molecule has 2 N–H and O–H groups in total. The van der Waals surface area contributed by atoms with Gasteiger partial charge in [0, 0.05) is 12.1 Å². The van der Waals surface area contributed by atoms with E-state index in [4.69, 9.17) is 0 Å². The van der Waals surface area contributed by atoms with E-state index >= 15 is 0 Å². The zero-order chi connectivity index (χ0) is 18.1. The zero-order valence-electron chi connectivity index (χ0n) is 12.7. The minimum absolute atomic E-state index is 0.00847. The van der Waals surface area contributed by atoms with Crippen LogP contribution in [0.2, 0.25) is 0 Å². The molecule has 1 aliphatic heterocycles. The summed E-state index contributed by atoms with van der Waals surface area (Å²) in [6.45, 7) is 0.00847. The Morgan fingerprint density at radius 2 is 1.76 bits per heavy atom. The van der Waals surface area contributed by atoms with Crippen molar-refractivity contribution in [1.29, 1.82) is 0 Å².